The van der Waals surface area contributed by atoms with Crippen LogP contribution in [0, 0.1) is 0 Å². The van der Waals surface area contributed by atoms with Crippen LogP contribution in [0.15, 0.2) is 24.5 Å². The molecule has 1 rings (SSSR count). The summed E-state index contributed by atoms with van der Waals surface area (Å²) >= 11 is 4.07. The van der Waals surface area contributed by atoms with Gasteiger partial charge in [-0.1, -0.05) is 4.68 Å². The van der Waals surface area contributed by atoms with Gasteiger partial charge in [-0.3, -0.25) is 0 Å². The summed E-state index contributed by atoms with van der Waals surface area (Å²) in [6.07, 6.45) is 3.69. The molecule has 5 nitrogen and oxygen atoms in total. The predicted molar refractivity (Wildman–Crippen MR) is 54.0 cm³/mol. The van der Waals surface area contributed by atoms with Gasteiger partial charge in [0.2, 0.25) is 0 Å². The quantitative estimate of drug-likeness (QED) is 0.369. The molecule has 98 valence electrons. The highest BCUT2D eigenvalue weighted by Gasteiger charge is 2.36. The zero-order valence-electron chi connectivity index (χ0n) is 8.33. The highest BCUT2D eigenvalue weighted by atomic mass is 32.2. The maximum absolute atomic E-state index is 10.7. The summed E-state index contributed by atoms with van der Waals surface area (Å²) in [6, 6.07) is 3.85. The minimum atomic E-state index is -6.09. The van der Waals surface area contributed by atoms with Crippen LogP contribution in [0.3, 0.4) is 0 Å². The summed E-state index contributed by atoms with van der Waals surface area (Å²) in [7, 11) is -6.09. The Kier molecular flexibility index (Phi) is 6.42. The lowest BCUT2D eigenvalue weighted by atomic mass is 10.6. The summed E-state index contributed by atoms with van der Waals surface area (Å²) in [5.41, 5.74) is -5.65. The Morgan fingerprint density at radius 3 is 2.18 bits per heavy atom. The second kappa shape index (κ2) is 6.77. The van der Waals surface area contributed by atoms with E-state index in [-0.39, 0.29) is 0 Å². The number of rotatable bonds is 2. The Bertz CT molecular complexity index is 422. The van der Waals surface area contributed by atoms with Gasteiger partial charge in [0.1, 0.15) is 0 Å². The molecule has 0 bridgehead atoms. The molecule has 10 heteroatoms. The van der Waals surface area contributed by atoms with Crippen molar-refractivity contribution in [3.63, 3.8) is 0 Å². The van der Waals surface area contributed by atoms with E-state index in [0.29, 0.717) is 0 Å². The van der Waals surface area contributed by atoms with E-state index in [4.69, 9.17) is 13.0 Å². The van der Waals surface area contributed by atoms with Gasteiger partial charge in [0.05, 0.1) is 11.9 Å². The van der Waals surface area contributed by atoms with Gasteiger partial charge in [-0.15, -0.1) is 0 Å². The van der Waals surface area contributed by atoms with Gasteiger partial charge in [-0.05, 0) is 11.2 Å². The number of hydrogen-bond acceptors (Lipinski definition) is 5. The summed E-state index contributed by atoms with van der Waals surface area (Å²) in [5, 5.41) is 4.04. The molecule has 0 N–H and O–H groups in total. The average molecular weight is 290 g/mol. The second-order valence-electron chi connectivity index (χ2n) is 2.59. The molecule has 0 spiro atoms. The fraction of sp³-hybridized carbons (Fsp3) is 0.429. The lowest BCUT2D eigenvalue weighted by Crippen LogP contribution is -2.37. The van der Waals surface area contributed by atoms with Crippen molar-refractivity contribution in [1.82, 2.24) is 5.10 Å². The normalized spacial score (nSPS) is 11.6. The Hall–Kier alpha value is -0.870. The van der Waals surface area contributed by atoms with Crippen LogP contribution in [-0.4, -0.2) is 29.3 Å². The molecule has 0 unspecified atom stereocenters. The van der Waals surface area contributed by atoms with Crippen LogP contribution in [0.5, 0.6) is 0 Å². The zero-order valence-corrected chi connectivity index (χ0v) is 10.0. The SMILES string of the molecule is O=S(=O)([O-])C(F)(F)F.SCC[n+]1ccccn1. The van der Waals surface area contributed by atoms with Crippen LogP contribution < -0.4 is 4.68 Å². The third-order valence-corrected chi connectivity index (χ3v) is 2.05. The summed E-state index contributed by atoms with van der Waals surface area (Å²) in [5.74, 6) is 0.835. The van der Waals surface area contributed by atoms with E-state index in [1.807, 2.05) is 23.0 Å². The van der Waals surface area contributed by atoms with Crippen molar-refractivity contribution in [2.24, 2.45) is 0 Å². The Labute approximate surface area is 101 Å². The fourth-order valence-electron chi connectivity index (χ4n) is 0.596. The minimum Gasteiger partial charge on any atom is -0.741 e. The molecule has 0 aliphatic rings. The van der Waals surface area contributed by atoms with Crippen LogP contribution in [0.1, 0.15) is 0 Å². The maximum atomic E-state index is 10.7. The monoisotopic (exact) mass is 290 g/mol. The molecule has 0 saturated heterocycles. The molecular weight excluding hydrogens is 281 g/mol. The summed E-state index contributed by atoms with van der Waals surface area (Å²) in [4.78, 5) is 0. The van der Waals surface area contributed by atoms with Gasteiger partial charge in [0, 0.05) is 6.07 Å². The van der Waals surface area contributed by atoms with Gasteiger partial charge >= 0.3 is 5.51 Å². The zero-order chi connectivity index (χ0) is 13.5. The van der Waals surface area contributed by atoms with E-state index in [0.717, 1.165) is 12.3 Å². The van der Waals surface area contributed by atoms with Gasteiger partial charge < -0.3 is 4.55 Å². The Morgan fingerprint density at radius 2 is 1.88 bits per heavy atom. The van der Waals surface area contributed by atoms with Gasteiger partial charge in [-0.25, -0.2) is 8.42 Å². The van der Waals surface area contributed by atoms with Crippen molar-refractivity contribution in [2.75, 3.05) is 5.75 Å². The van der Waals surface area contributed by atoms with Crippen molar-refractivity contribution in [3.05, 3.63) is 24.5 Å². The number of aryl methyl sites for hydroxylation is 1. The first-order valence-electron chi connectivity index (χ1n) is 4.12. The van der Waals surface area contributed by atoms with Gasteiger partial charge in [0.25, 0.3) is 0 Å². The minimum absolute atomic E-state index is 0.835. The molecule has 0 radical (unpaired) electrons. The summed E-state index contributed by atoms with van der Waals surface area (Å²) in [6.45, 7) is 0.879. The van der Waals surface area contributed by atoms with E-state index in [9.17, 15) is 13.2 Å². The van der Waals surface area contributed by atoms with E-state index in [1.165, 1.54) is 0 Å². The third kappa shape index (κ3) is 7.13. The molecule has 1 aromatic rings. The first kappa shape index (κ1) is 16.1. The molecule has 0 aliphatic heterocycles. The molecule has 0 saturated carbocycles. The van der Waals surface area contributed by atoms with E-state index >= 15 is 0 Å². The number of halogens is 3. The van der Waals surface area contributed by atoms with Crippen LogP contribution in [0.4, 0.5) is 13.2 Å². The number of nitrogens with zero attached hydrogens (tertiary/aromatic N) is 2. The topological polar surface area (TPSA) is 74.0 Å². The Morgan fingerprint density at radius 1 is 1.35 bits per heavy atom. The van der Waals surface area contributed by atoms with Crippen molar-refractivity contribution < 1.29 is 30.8 Å². The predicted octanol–water partition coefficient (Wildman–Crippen LogP) is 0.350. The molecule has 17 heavy (non-hydrogen) atoms. The molecule has 0 aromatic carbocycles. The van der Waals surface area contributed by atoms with Crippen LogP contribution in [0.25, 0.3) is 0 Å². The first-order chi connectivity index (χ1) is 7.68. The highest BCUT2D eigenvalue weighted by Crippen LogP contribution is 2.20. The average Bonchev–Trinajstić information content (AvgIpc) is 2.17. The smallest absolute Gasteiger partial charge is 0.485 e. The number of hydrogen-bond donors (Lipinski definition) is 1. The number of aromatic nitrogens is 2. The Balaban J connectivity index is 0.000000304. The van der Waals surface area contributed by atoms with Crippen LogP contribution >= 0.6 is 12.6 Å². The van der Waals surface area contributed by atoms with E-state index in [1.54, 1.807) is 6.20 Å². The van der Waals surface area contributed by atoms with E-state index < -0.39 is 15.6 Å². The lowest BCUT2D eigenvalue weighted by Gasteiger charge is -2.08. The van der Waals surface area contributed by atoms with Gasteiger partial charge in [0.15, 0.2) is 22.9 Å². The van der Waals surface area contributed by atoms with Crippen molar-refractivity contribution in [1.29, 1.82) is 0 Å². The standard InChI is InChI=1S/C6H8N2S.CHF3O3S/c9-6-5-8-4-2-1-3-7-8;2-1(3,4)8(5,6)7/h1-4H,5-6H2;(H,5,6,7). The van der Waals surface area contributed by atoms with Crippen LogP contribution in [0.2, 0.25) is 0 Å². The molecule has 0 amide bonds. The number of alkyl halides is 3. The first-order valence-corrected chi connectivity index (χ1v) is 6.16. The van der Waals surface area contributed by atoms with Crippen LogP contribution in [-0.2, 0) is 16.7 Å². The largest absolute Gasteiger partial charge is 0.741 e. The third-order valence-electron chi connectivity index (χ3n) is 1.28. The lowest BCUT2D eigenvalue weighted by molar-refractivity contribution is -0.749. The van der Waals surface area contributed by atoms with Crippen molar-refractivity contribution >= 4 is 22.7 Å². The molecular formula is C7H9F3N2O3S2. The maximum Gasteiger partial charge on any atom is 0.485 e. The van der Waals surface area contributed by atoms with Crippen molar-refractivity contribution in [2.45, 2.75) is 12.1 Å². The molecule has 0 fully saturated rings. The fourth-order valence-corrected chi connectivity index (χ4v) is 0.801. The molecule has 0 atom stereocenters. The van der Waals surface area contributed by atoms with Gasteiger partial charge in [-0.2, -0.15) is 25.8 Å². The number of thiol groups is 1. The van der Waals surface area contributed by atoms with E-state index in [2.05, 4.69) is 17.7 Å². The van der Waals surface area contributed by atoms with Crippen molar-refractivity contribution in [3.8, 4) is 0 Å². The highest BCUT2D eigenvalue weighted by molar-refractivity contribution is 7.86. The second-order valence-corrected chi connectivity index (χ2v) is 4.40. The molecule has 0 aliphatic carbocycles. The summed E-state index contributed by atoms with van der Waals surface area (Å²) < 4.78 is 60.8. The molecule has 1 heterocycles. The molecule has 1 aromatic heterocycles.